The molecule has 1 amide bonds. The van der Waals surface area contributed by atoms with Gasteiger partial charge in [0.05, 0.1) is 18.5 Å². The molecule has 7 heteroatoms. The Labute approximate surface area is 138 Å². The van der Waals surface area contributed by atoms with Gasteiger partial charge in [0.1, 0.15) is 0 Å². The standard InChI is InChI=1S/C16H16ClN3O3/c1-8-5-6-11(17)7-12(8)20-15(21)13-14(16(22)23-4)19-10(3)9(2)18-13/h5-7H,1-4H3,(H,20,21). The van der Waals surface area contributed by atoms with Crippen molar-refractivity contribution < 1.29 is 14.3 Å². The number of hydrogen-bond donors (Lipinski definition) is 1. The molecule has 120 valence electrons. The van der Waals surface area contributed by atoms with Gasteiger partial charge in [-0.25, -0.2) is 14.8 Å². The first-order valence-corrected chi connectivity index (χ1v) is 7.22. The van der Waals surface area contributed by atoms with Crippen molar-refractivity contribution in [1.82, 2.24) is 9.97 Å². The van der Waals surface area contributed by atoms with E-state index in [-0.39, 0.29) is 11.4 Å². The van der Waals surface area contributed by atoms with Crippen molar-refractivity contribution in [1.29, 1.82) is 0 Å². The molecule has 2 aromatic rings. The lowest BCUT2D eigenvalue weighted by atomic mass is 10.2. The van der Waals surface area contributed by atoms with E-state index < -0.39 is 11.9 Å². The van der Waals surface area contributed by atoms with Crippen molar-refractivity contribution in [3.8, 4) is 0 Å². The lowest BCUT2D eigenvalue weighted by Gasteiger charge is -2.11. The molecular formula is C16H16ClN3O3. The summed E-state index contributed by atoms with van der Waals surface area (Å²) in [5.41, 5.74) is 2.29. The number of methoxy groups -OCH3 is 1. The molecule has 1 aromatic heterocycles. The number of ether oxygens (including phenoxy) is 1. The Bertz CT molecular complexity index is 790. The first kappa shape index (κ1) is 16.9. The number of halogens is 1. The summed E-state index contributed by atoms with van der Waals surface area (Å²) >= 11 is 5.94. The second-order valence-corrected chi connectivity index (χ2v) is 5.43. The van der Waals surface area contributed by atoms with Gasteiger partial charge in [-0.05, 0) is 38.5 Å². The van der Waals surface area contributed by atoms with Gasteiger partial charge in [-0.2, -0.15) is 0 Å². The molecule has 1 heterocycles. The number of esters is 1. The van der Waals surface area contributed by atoms with E-state index in [0.717, 1.165) is 5.56 Å². The number of nitrogens with one attached hydrogen (secondary N) is 1. The normalized spacial score (nSPS) is 10.3. The third-order valence-corrected chi connectivity index (χ3v) is 3.58. The lowest BCUT2D eigenvalue weighted by molar-refractivity contribution is 0.0589. The van der Waals surface area contributed by atoms with Crippen LogP contribution >= 0.6 is 11.6 Å². The molecule has 0 aliphatic carbocycles. The number of nitrogens with zero attached hydrogens (tertiary/aromatic N) is 2. The molecule has 0 spiro atoms. The maximum atomic E-state index is 12.5. The fourth-order valence-corrected chi connectivity index (χ4v) is 2.08. The molecule has 2 rings (SSSR count). The lowest BCUT2D eigenvalue weighted by Crippen LogP contribution is -2.22. The van der Waals surface area contributed by atoms with Crippen LogP contribution in [0.3, 0.4) is 0 Å². The van der Waals surface area contributed by atoms with Gasteiger partial charge < -0.3 is 10.1 Å². The Hall–Kier alpha value is -2.47. The summed E-state index contributed by atoms with van der Waals surface area (Å²) in [5.74, 6) is -1.26. The number of amides is 1. The highest BCUT2D eigenvalue weighted by Crippen LogP contribution is 2.21. The summed E-state index contributed by atoms with van der Waals surface area (Å²) in [7, 11) is 1.22. The summed E-state index contributed by atoms with van der Waals surface area (Å²) in [5, 5.41) is 3.19. The molecule has 0 aliphatic rings. The minimum atomic E-state index is -0.714. The van der Waals surface area contributed by atoms with Gasteiger partial charge in [-0.1, -0.05) is 17.7 Å². The van der Waals surface area contributed by atoms with E-state index in [2.05, 4.69) is 20.0 Å². The van der Waals surface area contributed by atoms with Crippen LogP contribution in [0.2, 0.25) is 5.02 Å². The monoisotopic (exact) mass is 333 g/mol. The van der Waals surface area contributed by atoms with Crippen LogP contribution in [0.5, 0.6) is 0 Å². The second-order valence-electron chi connectivity index (χ2n) is 5.00. The van der Waals surface area contributed by atoms with Gasteiger partial charge in [0.25, 0.3) is 5.91 Å². The van der Waals surface area contributed by atoms with Gasteiger partial charge >= 0.3 is 5.97 Å². The fourth-order valence-electron chi connectivity index (χ4n) is 1.91. The number of anilines is 1. The molecule has 0 atom stereocenters. The summed E-state index contributed by atoms with van der Waals surface area (Å²) < 4.78 is 4.67. The van der Waals surface area contributed by atoms with Crippen LogP contribution < -0.4 is 5.32 Å². The SMILES string of the molecule is COC(=O)c1nc(C)c(C)nc1C(=O)Nc1cc(Cl)ccc1C. The zero-order valence-corrected chi connectivity index (χ0v) is 14.0. The second kappa shape index (κ2) is 6.75. The first-order valence-electron chi connectivity index (χ1n) is 6.84. The highest BCUT2D eigenvalue weighted by Gasteiger charge is 2.23. The van der Waals surface area contributed by atoms with E-state index in [9.17, 15) is 9.59 Å². The Balaban J connectivity index is 2.44. The first-order chi connectivity index (χ1) is 10.8. The summed E-state index contributed by atoms with van der Waals surface area (Å²) in [6.45, 7) is 5.25. The van der Waals surface area contributed by atoms with E-state index in [1.165, 1.54) is 7.11 Å². The molecule has 1 aromatic carbocycles. The summed E-state index contributed by atoms with van der Waals surface area (Å²) in [6, 6.07) is 5.13. The maximum absolute atomic E-state index is 12.5. The fraction of sp³-hybridized carbons (Fsp3) is 0.250. The number of aryl methyl sites for hydroxylation is 3. The molecular weight excluding hydrogens is 318 g/mol. The van der Waals surface area contributed by atoms with E-state index in [4.69, 9.17) is 11.6 Å². The molecule has 0 radical (unpaired) electrons. The third kappa shape index (κ3) is 3.65. The van der Waals surface area contributed by atoms with E-state index >= 15 is 0 Å². The summed E-state index contributed by atoms with van der Waals surface area (Å²) in [6.07, 6.45) is 0. The Morgan fingerprint density at radius 2 is 1.70 bits per heavy atom. The van der Waals surface area contributed by atoms with Crippen LogP contribution in [0.25, 0.3) is 0 Å². The topological polar surface area (TPSA) is 81.2 Å². The number of carbonyl (C=O) groups is 2. The Morgan fingerprint density at radius 3 is 2.30 bits per heavy atom. The van der Waals surface area contributed by atoms with Crippen molar-refractivity contribution in [2.24, 2.45) is 0 Å². The molecule has 23 heavy (non-hydrogen) atoms. The van der Waals surface area contributed by atoms with E-state index in [1.54, 1.807) is 32.0 Å². The van der Waals surface area contributed by atoms with Crippen LogP contribution in [0.15, 0.2) is 18.2 Å². The Morgan fingerprint density at radius 1 is 1.09 bits per heavy atom. The van der Waals surface area contributed by atoms with Crippen LogP contribution in [0.1, 0.15) is 37.9 Å². The van der Waals surface area contributed by atoms with E-state index in [0.29, 0.717) is 22.1 Å². The average Bonchev–Trinajstić information content (AvgIpc) is 2.52. The highest BCUT2D eigenvalue weighted by atomic mass is 35.5. The molecule has 0 fully saturated rings. The maximum Gasteiger partial charge on any atom is 0.359 e. The molecule has 0 saturated heterocycles. The number of aromatic nitrogens is 2. The van der Waals surface area contributed by atoms with Crippen molar-refractivity contribution in [3.05, 3.63) is 51.6 Å². The van der Waals surface area contributed by atoms with Crippen LogP contribution in [0, 0.1) is 20.8 Å². The van der Waals surface area contributed by atoms with Crippen LogP contribution in [-0.4, -0.2) is 29.0 Å². The highest BCUT2D eigenvalue weighted by molar-refractivity contribution is 6.31. The summed E-state index contributed by atoms with van der Waals surface area (Å²) in [4.78, 5) is 32.7. The Kier molecular flexibility index (Phi) is 4.95. The van der Waals surface area contributed by atoms with Crippen molar-refractivity contribution in [2.75, 3.05) is 12.4 Å². The van der Waals surface area contributed by atoms with Crippen LogP contribution in [-0.2, 0) is 4.74 Å². The van der Waals surface area contributed by atoms with Gasteiger partial charge in [0, 0.05) is 10.7 Å². The molecule has 0 aliphatic heterocycles. The van der Waals surface area contributed by atoms with Crippen molar-refractivity contribution >= 4 is 29.2 Å². The molecule has 0 saturated carbocycles. The van der Waals surface area contributed by atoms with Gasteiger partial charge in [0.15, 0.2) is 11.4 Å². The number of rotatable bonds is 3. The molecule has 6 nitrogen and oxygen atoms in total. The minimum absolute atomic E-state index is 0.0840. The van der Waals surface area contributed by atoms with Crippen molar-refractivity contribution in [2.45, 2.75) is 20.8 Å². The third-order valence-electron chi connectivity index (χ3n) is 3.35. The number of hydrogen-bond acceptors (Lipinski definition) is 5. The largest absolute Gasteiger partial charge is 0.464 e. The van der Waals surface area contributed by atoms with Crippen molar-refractivity contribution in [3.63, 3.8) is 0 Å². The molecule has 1 N–H and O–H groups in total. The molecule has 0 bridgehead atoms. The van der Waals surface area contributed by atoms with Gasteiger partial charge in [-0.3, -0.25) is 4.79 Å². The number of carbonyl (C=O) groups excluding carboxylic acids is 2. The zero-order valence-electron chi connectivity index (χ0n) is 13.2. The minimum Gasteiger partial charge on any atom is -0.464 e. The predicted octanol–water partition coefficient (Wildman–Crippen LogP) is 3.09. The smallest absolute Gasteiger partial charge is 0.359 e. The predicted molar refractivity (Wildman–Crippen MR) is 87.0 cm³/mol. The van der Waals surface area contributed by atoms with E-state index in [1.807, 2.05) is 6.92 Å². The molecule has 0 unspecified atom stereocenters. The van der Waals surface area contributed by atoms with Crippen LogP contribution in [0.4, 0.5) is 5.69 Å². The zero-order chi connectivity index (χ0) is 17.1. The average molecular weight is 334 g/mol. The quantitative estimate of drug-likeness (QED) is 0.873. The van der Waals surface area contributed by atoms with Gasteiger partial charge in [0.2, 0.25) is 0 Å². The number of benzene rings is 1. The van der Waals surface area contributed by atoms with Gasteiger partial charge in [-0.15, -0.1) is 0 Å².